The summed E-state index contributed by atoms with van der Waals surface area (Å²) in [4.78, 5) is 23.2. The van der Waals surface area contributed by atoms with Crippen LogP contribution in [0.4, 0.5) is 20.6 Å². The van der Waals surface area contributed by atoms with Gasteiger partial charge in [0, 0.05) is 23.6 Å². The standard InChI is InChI=1S/C25H23FN6O3S/c1-16-6-5-7-18(14-16)15-36-25-30-29-23(31(25)19-10-12-20(13-11-19)32(34)35)17(2)27-24(33)28-22-9-4-3-8-21(22)26/h3-14,17H,15H2,1-2H3,(H2,27,28,33). The number of hydrogen-bond donors (Lipinski definition) is 2. The number of halogens is 1. The smallest absolute Gasteiger partial charge is 0.319 e. The first-order valence-electron chi connectivity index (χ1n) is 11.0. The number of rotatable bonds is 8. The SMILES string of the molecule is Cc1cccc(CSc2nnc(C(C)NC(=O)Nc3ccccc3F)n2-c2ccc([N+](=O)[O-])cc2)c1. The Labute approximate surface area is 210 Å². The van der Waals surface area contributed by atoms with Gasteiger partial charge in [-0.3, -0.25) is 14.7 Å². The van der Waals surface area contributed by atoms with Crippen molar-refractivity contribution in [1.82, 2.24) is 20.1 Å². The summed E-state index contributed by atoms with van der Waals surface area (Å²) in [5.74, 6) is 0.492. The van der Waals surface area contributed by atoms with Crippen molar-refractivity contribution in [2.45, 2.75) is 30.8 Å². The Hall–Kier alpha value is -4.25. The summed E-state index contributed by atoms with van der Waals surface area (Å²) < 4.78 is 15.7. The molecule has 0 bridgehead atoms. The number of anilines is 1. The van der Waals surface area contributed by atoms with E-state index in [4.69, 9.17) is 0 Å². The van der Waals surface area contributed by atoms with Gasteiger partial charge in [0.2, 0.25) is 0 Å². The Morgan fingerprint density at radius 2 is 1.86 bits per heavy atom. The number of para-hydroxylation sites is 1. The Balaban J connectivity index is 1.60. The number of aryl methyl sites for hydroxylation is 1. The molecule has 1 aromatic heterocycles. The largest absolute Gasteiger partial charge is 0.328 e. The fraction of sp³-hybridized carbons (Fsp3) is 0.160. The van der Waals surface area contributed by atoms with E-state index in [0.717, 1.165) is 11.1 Å². The monoisotopic (exact) mass is 506 g/mol. The van der Waals surface area contributed by atoms with E-state index in [2.05, 4.69) is 26.9 Å². The predicted molar refractivity (Wildman–Crippen MR) is 136 cm³/mol. The van der Waals surface area contributed by atoms with Crippen molar-refractivity contribution < 1.29 is 14.1 Å². The topological polar surface area (TPSA) is 115 Å². The minimum absolute atomic E-state index is 0.0437. The fourth-order valence-electron chi connectivity index (χ4n) is 3.55. The fourth-order valence-corrected chi connectivity index (χ4v) is 4.46. The van der Waals surface area contributed by atoms with Gasteiger partial charge in [-0.1, -0.05) is 53.7 Å². The van der Waals surface area contributed by atoms with Gasteiger partial charge in [0.15, 0.2) is 11.0 Å². The van der Waals surface area contributed by atoms with E-state index in [-0.39, 0.29) is 11.4 Å². The number of carbonyl (C=O) groups excluding carboxylic acids is 1. The molecule has 3 aromatic carbocycles. The number of aromatic nitrogens is 3. The third-order valence-corrected chi connectivity index (χ3v) is 6.28. The zero-order chi connectivity index (χ0) is 25.7. The highest BCUT2D eigenvalue weighted by Gasteiger charge is 2.22. The number of non-ortho nitro benzene ring substituents is 1. The van der Waals surface area contributed by atoms with E-state index in [9.17, 15) is 19.3 Å². The molecule has 1 atom stereocenters. The van der Waals surface area contributed by atoms with Crippen molar-refractivity contribution in [3.05, 3.63) is 106 Å². The predicted octanol–water partition coefficient (Wildman–Crippen LogP) is 5.80. The van der Waals surface area contributed by atoms with Crippen LogP contribution in [0, 0.1) is 22.9 Å². The number of nitro groups is 1. The summed E-state index contributed by atoms with van der Waals surface area (Å²) in [6.45, 7) is 3.74. The summed E-state index contributed by atoms with van der Waals surface area (Å²) in [6.07, 6.45) is 0. The first-order valence-corrected chi connectivity index (χ1v) is 12.0. The van der Waals surface area contributed by atoms with E-state index in [1.165, 1.54) is 42.1 Å². The van der Waals surface area contributed by atoms with E-state index in [1.54, 1.807) is 29.7 Å². The lowest BCUT2D eigenvalue weighted by Crippen LogP contribution is -2.32. The van der Waals surface area contributed by atoms with Crippen LogP contribution in [0.25, 0.3) is 5.69 Å². The summed E-state index contributed by atoms with van der Waals surface area (Å²) >= 11 is 1.45. The molecule has 2 N–H and O–H groups in total. The molecule has 1 heterocycles. The Bertz CT molecular complexity index is 1390. The first-order chi connectivity index (χ1) is 17.3. The minimum Gasteiger partial charge on any atom is -0.328 e. The minimum atomic E-state index is -0.618. The quantitative estimate of drug-likeness (QED) is 0.177. The highest BCUT2D eigenvalue weighted by Crippen LogP contribution is 2.29. The van der Waals surface area contributed by atoms with Crippen LogP contribution >= 0.6 is 11.8 Å². The number of amides is 2. The maximum Gasteiger partial charge on any atom is 0.319 e. The molecular weight excluding hydrogens is 483 g/mol. The lowest BCUT2D eigenvalue weighted by molar-refractivity contribution is -0.384. The number of nitrogens with one attached hydrogen (secondary N) is 2. The molecule has 36 heavy (non-hydrogen) atoms. The molecule has 0 aliphatic carbocycles. The molecule has 9 nitrogen and oxygen atoms in total. The first kappa shape index (κ1) is 24.9. The molecule has 11 heteroatoms. The molecule has 0 saturated heterocycles. The van der Waals surface area contributed by atoms with Crippen LogP contribution in [-0.2, 0) is 5.75 Å². The normalized spacial score (nSPS) is 11.6. The van der Waals surface area contributed by atoms with Gasteiger partial charge in [-0.25, -0.2) is 9.18 Å². The molecule has 0 spiro atoms. The average molecular weight is 507 g/mol. The number of urea groups is 1. The number of nitro benzene ring substituents is 1. The van der Waals surface area contributed by atoms with Gasteiger partial charge in [0.1, 0.15) is 5.82 Å². The number of nitrogens with zero attached hydrogens (tertiary/aromatic N) is 4. The Kier molecular flexibility index (Phi) is 7.59. The van der Waals surface area contributed by atoms with Crippen molar-refractivity contribution in [3.8, 4) is 5.69 Å². The molecule has 0 aliphatic rings. The van der Waals surface area contributed by atoms with Crippen LogP contribution in [0.15, 0.2) is 78.0 Å². The van der Waals surface area contributed by atoms with E-state index in [1.807, 2.05) is 25.1 Å². The summed E-state index contributed by atoms with van der Waals surface area (Å²) in [6, 6.07) is 18.7. The molecular formula is C25H23FN6O3S. The molecule has 0 fully saturated rings. The average Bonchev–Trinajstić information content (AvgIpc) is 3.28. The van der Waals surface area contributed by atoms with Crippen LogP contribution in [0.5, 0.6) is 0 Å². The van der Waals surface area contributed by atoms with Crippen molar-refractivity contribution >= 4 is 29.2 Å². The zero-order valence-corrected chi connectivity index (χ0v) is 20.3. The highest BCUT2D eigenvalue weighted by atomic mass is 32.2. The van der Waals surface area contributed by atoms with Crippen molar-refractivity contribution in [2.24, 2.45) is 0 Å². The van der Waals surface area contributed by atoms with Crippen LogP contribution in [0.2, 0.25) is 0 Å². The second-order valence-corrected chi connectivity index (χ2v) is 8.97. The van der Waals surface area contributed by atoms with Gasteiger partial charge < -0.3 is 10.6 Å². The van der Waals surface area contributed by atoms with E-state index in [0.29, 0.717) is 22.4 Å². The molecule has 1 unspecified atom stereocenters. The summed E-state index contributed by atoms with van der Waals surface area (Å²) in [5, 5.41) is 25.5. The third-order valence-electron chi connectivity index (χ3n) is 5.28. The lowest BCUT2D eigenvalue weighted by Gasteiger charge is -2.17. The van der Waals surface area contributed by atoms with Crippen LogP contribution in [0.1, 0.15) is 29.9 Å². The number of thioether (sulfide) groups is 1. The third kappa shape index (κ3) is 5.87. The Morgan fingerprint density at radius 3 is 2.56 bits per heavy atom. The van der Waals surface area contributed by atoms with Gasteiger partial charge in [-0.15, -0.1) is 10.2 Å². The van der Waals surface area contributed by atoms with Gasteiger partial charge in [-0.2, -0.15) is 0 Å². The molecule has 184 valence electrons. The van der Waals surface area contributed by atoms with Crippen molar-refractivity contribution in [3.63, 3.8) is 0 Å². The van der Waals surface area contributed by atoms with Crippen molar-refractivity contribution in [1.29, 1.82) is 0 Å². The van der Waals surface area contributed by atoms with Gasteiger partial charge in [-0.05, 0) is 43.7 Å². The summed E-state index contributed by atoms with van der Waals surface area (Å²) in [5.41, 5.74) is 2.86. The van der Waals surface area contributed by atoms with Crippen LogP contribution < -0.4 is 10.6 Å². The highest BCUT2D eigenvalue weighted by molar-refractivity contribution is 7.98. The number of hydrogen-bond acceptors (Lipinski definition) is 6. The molecule has 0 aliphatic heterocycles. The van der Waals surface area contributed by atoms with Crippen molar-refractivity contribution in [2.75, 3.05) is 5.32 Å². The number of carbonyl (C=O) groups is 1. The number of benzene rings is 3. The maximum atomic E-state index is 13.9. The Morgan fingerprint density at radius 1 is 1.11 bits per heavy atom. The van der Waals surface area contributed by atoms with E-state index >= 15 is 0 Å². The maximum absolute atomic E-state index is 13.9. The second kappa shape index (κ2) is 11.0. The second-order valence-electron chi connectivity index (χ2n) is 8.03. The van der Waals surface area contributed by atoms with Crippen LogP contribution in [0.3, 0.4) is 0 Å². The molecule has 0 radical (unpaired) electrons. The van der Waals surface area contributed by atoms with E-state index < -0.39 is 22.8 Å². The van der Waals surface area contributed by atoms with Gasteiger partial charge in [0.05, 0.1) is 16.7 Å². The van der Waals surface area contributed by atoms with Gasteiger partial charge >= 0.3 is 6.03 Å². The lowest BCUT2D eigenvalue weighted by atomic mass is 10.2. The summed E-state index contributed by atoms with van der Waals surface area (Å²) in [7, 11) is 0. The zero-order valence-electron chi connectivity index (χ0n) is 19.5. The molecule has 4 aromatic rings. The van der Waals surface area contributed by atoms with Crippen LogP contribution in [-0.4, -0.2) is 25.7 Å². The van der Waals surface area contributed by atoms with Gasteiger partial charge in [0.25, 0.3) is 5.69 Å². The molecule has 4 rings (SSSR count). The molecule has 0 saturated carbocycles. The molecule has 2 amide bonds.